The van der Waals surface area contributed by atoms with Crippen LogP contribution in [0, 0.1) is 0 Å². The molecule has 1 atom stereocenters. The molecule has 0 N–H and O–H groups in total. The highest BCUT2D eigenvalue weighted by atomic mass is 35.5. The van der Waals surface area contributed by atoms with Crippen LogP contribution in [0.15, 0.2) is 24.3 Å². The highest BCUT2D eigenvalue weighted by molar-refractivity contribution is 6.83. The quantitative estimate of drug-likeness (QED) is 0.521. The van der Waals surface area contributed by atoms with Gasteiger partial charge < -0.3 is 0 Å². The molecule has 0 heterocycles. The van der Waals surface area contributed by atoms with E-state index in [4.69, 9.17) is 23.2 Å². The van der Waals surface area contributed by atoms with Gasteiger partial charge in [-0.1, -0.05) is 43.4 Å². The van der Waals surface area contributed by atoms with E-state index in [1.165, 1.54) is 5.56 Å². The maximum Gasteiger partial charge on any atom is 0.0704 e. The Balaban J connectivity index is 2.90. The fraction of sp³-hybridized carbons (Fsp3) is 0.400. The van der Waals surface area contributed by atoms with Gasteiger partial charge in [0.15, 0.2) is 0 Å². The summed E-state index contributed by atoms with van der Waals surface area (Å²) in [6.45, 7) is 6.79. The summed E-state index contributed by atoms with van der Waals surface area (Å²) in [6, 6.07) is 7.81. The summed E-state index contributed by atoms with van der Waals surface area (Å²) < 4.78 is 0. The van der Waals surface area contributed by atoms with Gasteiger partial charge in [0, 0.05) is 5.02 Å². The van der Waals surface area contributed by atoms with E-state index in [2.05, 4.69) is 19.6 Å². The van der Waals surface area contributed by atoms with Gasteiger partial charge in [-0.05, 0) is 17.7 Å². The highest BCUT2D eigenvalue weighted by Crippen LogP contribution is 2.31. The van der Waals surface area contributed by atoms with E-state index >= 15 is 0 Å². The van der Waals surface area contributed by atoms with Crippen molar-refractivity contribution in [3.05, 3.63) is 34.9 Å². The van der Waals surface area contributed by atoms with Crippen molar-refractivity contribution >= 4 is 31.3 Å². The zero-order chi connectivity index (χ0) is 10.1. The topological polar surface area (TPSA) is 0 Å². The van der Waals surface area contributed by atoms with Gasteiger partial charge >= 0.3 is 0 Å². The molecule has 0 spiro atoms. The average Bonchev–Trinajstić information content (AvgIpc) is 2.03. The number of rotatable bonds is 2. The van der Waals surface area contributed by atoms with Crippen molar-refractivity contribution in [2.75, 3.05) is 0 Å². The van der Waals surface area contributed by atoms with Gasteiger partial charge in [-0.25, -0.2) is 0 Å². The van der Waals surface area contributed by atoms with Crippen LogP contribution >= 0.6 is 23.2 Å². The Kier molecular flexibility index (Phi) is 3.44. The van der Waals surface area contributed by atoms with Crippen molar-refractivity contribution in [2.45, 2.75) is 24.6 Å². The minimum atomic E-state index is -1.30. The molecular weight excluding hydrogens is 219 g/mol. The van der Waals surface area contributed by atoms with Crippen molar-refractivity contribution < 1.29 is 0 Å². The summed E-state index contributed by atoms with van der Waals surface area (Å²) in [5, 5.41) is 0.938. The third kappa shape index (κ3) is 3.01. The first-order valence-corrected chi connectivity index (χ1v) is 8.70. The van der Waals surface area contributed by atoms with Crippen molar-refractivity contribution in [1.29, 1.82) is 0 Å². The lowest BCUT2D eigenvalue weighted by molar-refractivity contribution is 1.26. The normalized spacial score (nSPS) is 14.2. The van der Waals surface area contributed by atoms with Gasteiger partial charge in [-0.2, -0.15) is 0 Å². The van der Waals surface area contributed by atoms with E-state index in [0.29, 0.717) is 0 Å². The molecule has 0 aliphatic rings. The molecule has 0 fully saturated rings. The second-order valence-corrected chi connectivity index (χ2v) is 10.8. The SMILES string of the molecule is C[Si](C)(C)C(Cl)c1ccc(Cl)cc1. The molecule has 0 amide bonds. The molecule has 0 aliphatic carbocycles. The maximum atomic E-state index is 6.35. The van der Waals surface area contributed by atoms with Crippen LogP contribution in [0.3, 0.4) is 0 Å². The third-order valence-corrected chi connectivity index (χ3v) is 6.24. The van der Waals surface area contributed by atoms with Crippen molar-refractivity contribution in [2.24, 2.45) is 0 Å². The Bertz CT molecular complexity index is 274. The first-order valence-electron chi connectivity index (χ1n) is 4.31. The minimum Gasteiger partial charge on any atom is -0.122 e. The molecule has 1 unspecified atom stereocenters. The lowest BCUT2D eigenvalue weighted by atomic mass is 10.2. The predicted octanol–water partition coefficient (Wildman–Crippen LogP) is 4.50. The Hall–Kier alpha value is 0.0169. The largest absolute Gasteiger partial charge is 0.122 e. The number of hydrogen-bond donors (Lipinski definition) is 0. The number of alkyl halides is 1. The van der Waals surface area contributed by atoms with Crippen LogP contribution < -0.4 is 0 Å². The van der Waals surface area contributed by atoms with E-state index in [1.807, 2.05) is 24.3 Å². The van der Waals surface area contributed by atoms with Gasteiger partial charge in [0.1, 0.15) is 0 Å². The molecule has 0 aromatic heterocycles. The van der Waals surface area contributed by atoms with Gasteiger partial charge in [-0.3, -0.25) is 0 Å². The summed E-state index contributed by atoms with van der Waals surface area (Å²) in [4.78, 5) is 0. The van der Waals surface area contributed by atoms with Crippen LogP contribution in [0.5, 0.6) is 0 Å². The molecule has 0 saturated heterocycles. The zero-order valence-electron chi connectivity index (χ0n) is 8.14. The Labute approximate surface area is 90.9 Å². The Morgan fingerprint density at radius 3 is 1.92 bits per heavy atom. The first kappa shape index (κ1) is 11.1. The molecular formula is C10H14Cl2Si. The molecule has 1 aromatic rings. The molecule has 0 aliphatic heterocycles. The monoisotopic (exact) mass is 232 g/mol. The summed E-state index contributed by atoms with van der Waals surface area (Å²) in [6.07, 6.45) is 0. The van der Waals surface area contributed by atoms with Crippen molar-refractivity contribution in [3.63, 3.8) is 0 Å². The first-order chi connectivity index (χ1) is 5.91. The van der Waals surface area contributed by atoms with E-state index in [1.54, 1.807) is 0 Å². The van der Waals surface area contributed by atoms with Gasteiger partial charge in [0.25, 0.3) is 0 Å². The third-order valence-electron chi connectivity index (χ3n) is 1.92. The number of benzene rings is 1. The van der Waals surface area contributed by atoms with E-state index in [9.17, 15) is 0 Å². The second-order valence-electron chi connectivity index (χ2n) is 4.28. The predicted molar refractivity (Wildman–Crippen MR) is 63.4 cm³/mol. The minimum absolute atomic E-state index is 0.171. The fourth-order valence-corrected chi connectivity index (χ4v) is 2.60. The molecule has 0 saturated carbocycles. The van der Waals surface area contributed by atoms with Crippen LogP contribution in [0.2, 0.25) is 24.7 Å². The molecule has 1 aromatic carbocycles. The van der Waals surface area contributed by atoms with Crippen LogP contribution in [-0.4, -0.2) is 8.07 Å². The van der Waals surface area contributed by atoms with E-state index < -0.39 is 8.07 Å². The molecule has 0 nitrogen and oxygen atoms in total. The molecule has 13 heavy (non-hydrogen) atoms. The fourth-order valence-electron chi connectivity index (χ4n) is 1.13. The van der Waals surface area contributed by atoms with Crippen LogP contribution in [-0.2, 0) is 0 Å². The summed E-state index contributed by atoms with van der Waals surface area (Å²) >= 11 is 12.2. The lowest BCUT2D eigenvalue weighted by Crippen LogP contribution is -2.27. The van der Waals surface area contributed by atoms with Crippen LogP contribution in [0.4, 0.5) is 0 Å². The standard InChI is InChI=1S/C10H14Cl2Si/c1-13(2,3)10(12)8-4-6-9(11)7-5-8/h4-7,10H,1-3H3. The van der Waals surface area contributed by atoms with Crippen molar-refractivity contribution in [1.82, 2.24) is 0 Å². The molecule has 72 valence electrons. The van der Waals surface area contributed by atoms with Gasteiger partial charge in [0.2, 0.25) is 0 Å². The average molecular weight is 233 g/mol. The molecule has 1 rings (SSSR count). The summed E-state index contributed by atoms with van der Waals surface area (Å²) in [7, 11) is -1.30. The maximum absolute atomic E-state index is 6.35. The lowest BCUT2D eigenvalue weighted by Gasteiger charge is -2.23. The molecule has 3 heteroatoms. The smallest absolute Gasteiger partial charge is 0.0704 e. The summed E-state index contributed by atoms with van der Waals surface area (Å²) in [5.74, 6) is 0. The second kappa shape index (κ2) is 4.03. The molecule has 0 bridgehead atoms. The van der Waals surface area contributed by atoms with Crippen molar-refractivity contribution in [3.8, 4) is 0 Å². The number of hydrogen-bond acceptors (Lipinski definition) is 0. The highest BCUT2D eigenvalue weighted by Gasteiger charge is 2.25. The Morgan fingerprint density at radius 2 is 1.54 bits per heavy atom. The molecule has 0 radical (unpaired) electrons. The van der Waals surface area contributed by atoms with E-state index in [-0.39, 0.29) is 5.00 Å². The van der Waals surface area contributed by atoms with Gasteiger partial charge in [-0.15, -0.1) is 11.6 Å². The van der Waals surface area contributed by atoms with Crippen LogP contribution in [0.1, 0.15) is 10.6 Å². The number of halogens is 2. The zero-order valence-corrected chi connectivity index (χ0v) is 10.7. The Morgan fingerprint density at radius 1 is 1.08 bits per heavy atom. The summed E-state index contributed by atoms with van der Waals surface area (Å²) in [5.41, 5.74) is 1.19. The van der Waals surface area contributed by atoms with E-state index in [0.717, 1.165) is 5.02 Å². The van der Waals surface area contributed by atoms with Crippen LogP contribution in [0.25, 0.3) is 0 Å². The van der Waals surface area contributed by atoms with Gasteiger partial charge in [0.05, 0.1) is 13.1 Å².